The van der Waals surface area contributed by atoms with Gasteiger partial charge in [-0.2, -0.15) is 0 Å². The Labute approximate surface area is 131 Å². The number of carbonyl (C=O) groups excluding carboxylic acids is 1. The van der Waals surface area contributed by atoms with Gasteiger partial charge in [-0.15, -0.1) is 0 Å². The van der Waals surface area contributed by atoms with Crippen molar-refractivity contribution in [3.63, 3.8) is 0 Å². The first-order valence-electron chi connectivity index (χ1n) is 7.48. The van der Waals surface area contributed by atoms with Crippen molar-refractivity contribution in [1.82, 2.24) is 15.5 Å². The molecular weight excluding hydrogens is 282 g/mol. The molecule has 6 nitrogen and oxygen atoms in total. The number of benzene rings is 1. The van der Waals surface area contributed by atoms with Gasteiger partial charge < -0.3 is 20.6 Å². The number of carboxylic acids is 1. The summed E-state index contributed by atoms with van der Waals surface area (Å²) >= 11 is 0. The molecule has 1 atom stereocenters. The molecule has 0 aliphatic heterocycles. The van der Waals surface area contributed by atoms with Crippen LogP contribution in [0.15, 0.2) is 24.3 Å². The van der Waals surface area contributed by atoms with Crippen molar-refractivity contribution >= 4 is 12.0 Å². The maximum Gasteiger partial charge on any atom is 0.335 e. The van der Waals surface area contributed by atoms with Gasteiger partial charge in [-0.3, -0.25) is 0 Å². The van der Waals surface area contributed by atoms with Crippen molar-refractivity contribution in [2.24, 2.45) is 0 Å². The summed E-state index contributed by atoms with van der Waals surface area (Å²) < 4.78 is 0. The molecule has 22 heavy (non-hydrogen) atoms. The minimum Gasteiger partial charge on any atom is -0.478 e. The summed E-state index contributed by atoms with van der Waals surface area (Å²) in [4.78, 5) is 24.6. The van der Waals surface area contributed by atoms with Crippen LogP contribution in [0.25, 0.3) is 0 Å². The number of amides is 2. The summed E-state index contributed by atoms with van der Waals surface area (Å²) in [7, 11) is 2.04. The summed E-state index contributed by atoms with van der Waals surface area (Å²) in [6.07, 6.45) is 1.08. The fourth-order valence-electron chi connectivity index (χ4n) is 1.89. The van der Waals surface area contributed by atoms with Crippen molar-refractivity contribution in [2.75, 3.05) is 20.1 Å². The van der Waals surface area contributed by atoms with Gasteiger partial charge >= 0.3 is 12.0 Å². The zero-order valence-corrected chi connectivity index (χ0v) is 13.4. The van der Waals surface area contributed by atoms with Crippen LogP contribution in [0.4, 0.5) is 4.79 Å². The minimum atomic E-state index is -0.956. The maximum atomic E-state index is 11.7. The molecule has 0 radical (unpaired) electrons. The first-order chi connectivity index (χ1) is 10.4. The van der Waals surface area contributed by atoms with Crippen molar-refractivity contribution in [3.8, 4) is 0 Å². The van der Waals surface area contributed by atoms with E-state index in [1.165, 1.54) is 12.1 Å². The van der Waals surface area contributed by atoms with Gasteiger partial charge in [0.1, 0.15) is 0 Å². The average Bonchev–Trinajstić information content (AvgIpc) is 2.52. The molecule has 1 aromatic rings. The molecule has 0 spiro atoms. The Morgan fingerprint density at radius 3 is 2.41 bits per heavy atom. The predicted molar refractivity (Wildman–Crippen MR) is 86.0 cm³/mol. The van der Waals surface area contributed by atoms with Crippen LogP contribution in [-0.2, 0) is 6.54 Å². The molecule has 0 saturated heterocycles. The van der Waals surface area contributed by atoms with Gasteiger partial charge in [-0.1, -0.05) is 19.1 Å². The van der Waals surface area contributed by atoms with E-state index >= 15 is 0 Å². The smallest absolute Gasteiger partial charge is 0.335 e. The third-order valence-electron chi connectivity index (χ3n) is 3.75. The molecule has 0 aromatic heterocycles. The molecule has 1 unspecified atom stereocenters. The van der Waals surface area contributed by atoms with Crippen LogP contribution >= 0.6 is 0 Å². The number of likely N-dealkylation sites (N-methyl/N-ethyl adjacent to an activating group) is 1. The number of hydrogen-bond donors (Lipinski definition) is 3. The quantitative estimate of drug-likeness (QED) is 0.685. The predicted octanol–water partition coefficient (Wildman–Crippen LogP) is 1.91. The summed E-state index contributed by atoms with van der Waals surface area (Å²) in [6, 6.07) is 6.72. The van der Waals surface area contributed by atoms with Gasteiger partial charge in [0.15, 0.2) is 0 Å². The topological polar surface area (TPSA) is 81.7 Å². The largest absolute Gasteiger partial charge is 0.478 e. The molecule has 0 saturated carbocycles. The van der Waals surface area contributed by atoms with E-state index in [2.05, 4.69) is 29.4 Å². The highest BCUT2D eigenvalue weighted by Crippen LogP contribution is 2.04. The van der Waals surface area contributed by atoms with E-state index in [1.807, 2.05) is 7.05 Å². The molecule has 1 aromatic carbocycles. The van der Waals surface area contributed by atoms with Crippen LogP contribution in [0.1, 0.15) is 36.2 Å². The average molecular weight is 307 g/mol. The second-order valence-corrected chi connectivity index (χ2v) is 5.35. The number of urea groups is 1. The van der Waals surface area contributed by atoms with Crippen molar-refractivity contribution in [3.05, 3.63) is 35.4 Å². The number of nitrogens with zero attached hydrogens (tertiary/aromatic N) is 1. The van der Waals surface area contributed by atoms with E-state index in [9.17, 15) is 9.59 Å². The number of aromatic carboxylic acids is 1. The van der Waals surface area contributed by atoms with E-state index < -0.39 is 5.97 Å². The second-order valence-electron chi connectivity index (χ2n) is 5.35. The zero-order chi connectivity index (χ0) is 16.5. The first kappa shape index (κ1) is 18.0. The lowest BCUT2D eigenvalue weighted by Gasteiger charge is -2.23. The molecule has 0 aliphatic rings. The van der Waals surface area contributed by atoms with Crippen molar-refractivity contribution in [1.29, 1.82) is 0 Å². The third kappa shape index (κ3) is 6.13. The van der Waals surface area contributed by atoms with E-state index in [0.29, 0.717) is 19.1 Å². The molecule has 3 N–H and O–H groups in total. The fourth-order valence-corrected chi connectivity index (χ4v) is 1.89. The van der Waals surface area contributed by atoms with Crippen molar-refractivity contribution < 1.29 is 14.7 Å². The first-order valence-corrected chi connectivity index (χ1v) is 7.48. The van der Waals surface area contributed by atoms with E-state index in [1.54, 1.807) is 12.1 Å². The molecule has 6 heteroatoms. The molecule has 0 heterocycles. The second kappa shape index (κ2) is 9.04. The highest BCUT2D eigenvalue weighted by atomic mass is 16.4. The van der Waals surface area contributed by atoms with Crippen molar-refractivity contribution in [2.45, 2.75) is 32.9 Å². The monoisotopic (exact) mass is 307 g/mol. The standard InChI is InChI=1S/C16H25N3O3/c1-4-12(2)19(3)10-9-17-16(22)18-11-13-5-7-14(8-6-13)15(20)21/h5-8,12H,4,9-11H2,1-3H3,(H,20,21)(H2,17,18,22). The van der Waals surface area contributed by atoms with Gasteiger partial charge in [0.2, 0.25) is 0 Å². The van der Waals surface area contributed by atoms with Crippen LogP contribution in [0.3, 0.4) is 0 Å². The summed E-state index contributed by atoms with van der Waals surface area (Å²) in [6.45, 7) is 6.05. The fraction of sp³-hybridized carbons (Fsp3) is 0.500. The highest BCUT2D eigenvalue weighted by molar-refractivity contribution is 5.87. The van der Waals surface area contributed by atoms with E-state index in [-0.39, 0.29) is 11.6 Å². The Morgan fingerprint density at radius 1 is 1.23 bits per heavy atom. The van der Waals surface area contributed by atoms with Crippen LogP contribution in [0.2, 0.25) is 0 Å². The summed E-state index contributed by atoms with van der Waals surface area (Å²) in [5.74, 6) is -0.956. The van der Waals surface area contributed by atoms with Gasteiger partial charge in [0.25, 0.3) is 0 Å². The molecule has 0 fully saturated rings. The van der Waals surface area contributed by atoms with Gasteiger partial charge in [0, 0.05) is 25.7 Å². The Morgan fingerprint density at radius 2 is 1.86 bits per heavy atom. The van der Waals surface area contributed by atoms with Gasteiger partial charge in [-0.25, -0.2) is 9.59 Å². The Kier molecular flexibility index (Phi) is 7.39. The summed E-state index contributed by atoms with van der Waals surface area (Å²) in [5, 5.41) is 14.4. The van der Waals surface area contributed by atoms with Crippen LogP contribution in [-0.4, -0.2) is 48.2 Å². The number of rotatable bonds is 8. The lowest BCUT2D eigenvalue weighted by Crippen LogP contribution is -2.41. The SMILES string of the molecule is CCC(C)N(C)CCNC(=O)NCc1ccc(C(=O)O)cc1. The van der Waals surface area contributed by atoms with Gasteiger partial charge in [-0.05, 0) is 38.1 Å². The number of carboxylic acid groups (broad SMARTS) is 1. The van der Waals surface area contributed by atoms with E-state index in [0.717, 1.165) is 18.5 Å². The van der Waals surface area contributed by atoms with Crippen LogP contribution in [0.5, 0.6) is 0 Å². The highest BCUT2D eigenvalue weighted by Gasteiger charge is 2.07. The summed E-state index contributed by atoms with van der Waals surface area (Å²) in [5.41, 5.74) is 1.10. The molecular formula is C16H25N3O3. The van der Waals surface area contributed by atoms with Gasteiger partial charge in [0.05, 0.1) is 5.56 Å². The molecule has 1 rings (SSSR count). The Hall–Kier alpha value is -2.08. The molecule has 0 aliphatic carbocycles. The normalized spacial score (nSPS) is 12.0. The third-order valence-corrected chi connectivity index (χ3v) is 3.75. The lowest BCUT2D eigenvalue weighted by atomic mass is 10.1. The van der Waals surface area contributed by atoms with Crippen LogP contribution < -0.4 is 10.6 Å². The minimum absolute atomic E-state index is 0.222. The Balaban J connectivity index is 2.27. The molecule has 0 bridgehead atoms. The number of hydrogen-bond acceptors (Lipinski definition) is 3. The lowest BCUT2D eigenvalue weighted by molar-refractivity contribution is 0.0697. The Bertz CT molecular complexity index is 488. The number of carbonyl (C=O) groups is 2. The molecule has 122 valence electrons. The maximum absolute atomic E-state index is 11.7. The van der Waals surface area contributed by atoms with E-state index in [4.69, 9.17) is 5.11 Å². The molecule has 2 amide bonds. The van der Waals surface area contributed by atoms with Crippen LogP contribution in [0, 0.1) is 0 Å². The number of nitrogens with one attached hydrogen (secondary N) is 2. The zero-order valence-electron chi connectivity index (χ0n) is 13.4.